The topological polar surface area (TPSA) is 15.9 Å². The largest absolute Gasteiger partial charge is 0.257 e. The van der Waals surface area contributed by atoms with Gasteiger partial charge in [0.1, 0.15) is 7.05 Å². The van der Waals surface area contributed by atoms with E-state index in [-0.39, 0.29) is 5.41 Å². The number of pyridine rings is 1. The number of fused-ring (bicyclic) bond motifs is 3. The number of nitrogens with zero attached hydrogens (tertiary/aromatic N) is 2. The lowest BCUT2D eigenvalue weighted by molar-refractivity contribution is -0.401. The minimum absolute atomic E-state index is 0.141. The Balaban J connectivity index is 1.71. The first-order valence-corrected chi connectivity index (χ1v) is 10.4. The van der Waals surface area contributed by atoms with E-state index in [1.54, 1.807) is 0 Å². The zero-order valence-electron chi connectivity index (χ0n) is 17.4. The Morgan fingerprint density at radius 3 is 2.40 bits per heavy atom. The maximum Gasteiger partial charge on any atom is 0.210 e. The van der Waals surface area contributed by atoms with E-state index in [4.69, 9.17) is 0 Å². The van der Waals surface area contributed by atoms with Crippen molar-refractivity contribution in [3.8, 4) is 0 Å². The van der Waals surface area contributed by atoms with Crippen LogP contribution in [0.1, 0.15) is 23.7 Å². The first kappa shape index (κ1) is 18.5. The van der Waals surface area contributed by atoms with Gasteiger partial charge in [-0.05, 0) is 54.0 Å². The third-order valence-corrected chi connectivity index (χ3v) is 6.25. The summed E-state index contributed by atoms with van der Waals surface area (Å²) in [5.41, 5.74) is 6.17. The smallest absolute Gasteiger partial charge is 0.210 e. The molecule has 0 saturated carbocycles. The van der Waals surface area contributed by atoms with E-state index in [1.165, 1.54) is 33.3 Å². The van der Waals surface area contributed by atoms with Gasteiger partial charge in [0.15, 0.2) is 5.71 Å². The van der Waals surface area contributed by atoms with Gasteiger partial charge in [-0.15, -0.1) is 0 Å². The van der Waals surface area contributed by atoms with E-state index in [0.29, 0.717) is 0 Å². The number of benzene rings is 3. The van der Waals surface area contributed by atoms with Crippen molar-refractivity contribution in [3.05, 3.63) is 114 Å². The van der Waals surface area contributed by atoms with E-state index >= 15 is 0 Å². The highest BCUT2D eigenvalue weighted by Crippen LogP contribution is 2.45. The molecule has 1 aromatic heterocycles. The van der Waals surface area contributed by atoms with Gasteiger partial charge in [-0.25, -0.2) is 0 Å². The first-order chi connectivity index (χ1) is 14.7. The van der Waals surface area contributed by atoms with Crippen LogP contribution in [-0.4, -0.2) is 22.3 Å². The SMILES string of the molecule is C[N+]1=C(/C=C/c2ccccn2)C(C)(Cc2ccccc2)c2c1ccc1ccccc21. The number of hydrogen-bond donors (Lipinski definition) is 0. The van der Waals surface area contributed by atoms with Gasteiger partial charge in [-0.1, -0.05) is 60.7 Å². The molecule has 0 saturated heterocycles. The monoisotopic (exact) mass is 389 g/mol. The van der Waals surface area contributed by atoms with Gasteiger partial charge in [0, 0.05) is 23.9 Å². The summed E-state index contributed by atoms with van der Waals surface area (Å²) in [6.07, 6.45) is 7.17. The minimum Gasteiger partial charge on any atom is -0.257 e. The Kier molecular flexibility index (Phi) is 4.55. The van der Waals surface area contributed by atoms with Crippen LogP contribution in [0.4, 0.5) is 5.69 Å². The highest BCUT2D eigenvalue weighted by Gasteiger charge is 2.47. The molecule has 4 aromatic rings. The van der Waals surface area contributed by atoms with E-state index in [1.807, 2.05) is 24.4 Å². The van der Waals surface area contributed by atoms with Crippen LogP contribution in [-0.2, 0) is 11.8 Å². The van der Waals surface area contributed by atoms with Crippen molar-refractivity contribution in [1.82, 2.24) is 4.98 Å². The molecule has 2 heteroatoms. The molecule has 1 aliphatic rings. The fourth-order valence-corrected chi connectivity index (χ4v) is 4.87. The van der Waals surface area contributed by atoms with Crippen molar-refractivity contribution < 1.29 is 4.58 Å². The average Bonchev–Trinajstić information content (AvgIpc) is 3.00. The number of rotatable bonds is 4. The zero-order chi connectivity index (χ0) is 20.6. The van der Waals surface area contributed by atoms with Gasteiger partial charge in [0.2, 0.25) is 5.69 Å². The highest BCUT2D eigenvalue weighted by atomic mass is 15.0. The molecule has 30 heavy (non-hydrogen) atoms. The van der Waals surface area contributed by atoms with Crippen molar-refractivity contribution in [3.63, 3.8) is 0 Å². The first-order valence-electron chi connectivity index (χ1n) is 10.4. The Labute approximate surface area is 177 Å². The Morgan fingerprint density at radius 1 is 0.833 bits per heavy atom. The maximum absolute atomic E-state index is 4.48. The molecule has 3 aromatic carbocycles. The Morgan fingerprint density at radius 2 is 1.60 bits per heavy atom. The van der Waals surface area contributed by atoms with Gasteiger partial charge < -0.3 is 0 Å². The normalized spacial score (nSPS) is 18.3. The van der Waals surface area contributed by atoms with E-state index in [9.17, 15) is 0 Å². The van der Waals surface area contributed by atoms with Crippen LogP contribution in [0.3, 0.4) is 0 Å². The Bertz CT molecular complexity index is 1270. The highest BCUT2D eigenvalue weighted by molar-refractivity contribution is 6.09. The molecule has 1 aliphatic heterocycles. The third-order valence-electron chi connectivity index (χ3n) is 6.25. The quantitative estimate of drug-likeness (QED) is 0.381. The molecule has 0 aliphatic carbocycles. The number of aromatic nitrogens is 1. The molecule has 0 spiro atoms. The minimum atomic E-state index is -0.141. The Hall–Kier alpha value is -3.52. The fraction of sp³-hybridized carbons (Fsp3) is 0.143. The van der Waals surface area contributed by atoms with Crippen molar-refractivity contribution in [1.29, 1.82) is 0 Å². The van der Waals surface area contributed by atoms with E-state index in [2.05, 4.69) is 102 Å². The summed E-state index contributed by atoms with van der Waals surface area (Å²) in [7, 11) is 2.18. The molecule has 0 N–H and O–H groups in total. The summed E-state index contributed by atoms with van der Waals surface area (Å²) < 4.78 is 2.35. The van der Waals surface area contributed by atoms with Crippen molar-refractivity contribution >= 4 is 28.2 Å². The predicted molar refractivity (Wildman–Crippen MR) is 126 cm³/mol. The van der Waals surface area contributed by atoms with Crippen LogP contribution >= 0.6 is 0 Å². The van der Waals surface area contributed by atoms with Gasteiger partial charge in [-0.2, -0.15) is 4.58 Å². The molecule has 5 rings (SSSR count). The zero-order valence-corrected chi connectivity index (χ0v) is 17.4. The predicted octanol–water partition coefficient (Wildman–Crippen LogP) is 6.18. The molecule has 0 fully saturated rings. The summed E-state index contributed by atoms with van der Waals surface area (Å²) in [5, 5.41) is 2.63. The molecular formula is C28H25N2+. The molecular weight excluding hydrogens is 364 g/mol. The fourth-order valence-electron chi connectivity index (χ4n) is 4.87. The van der Waals surface area contributed by atoms with E-state index in [0.717, 1.165) is 12.1 Å². The van der Waals surface area contributed by atoms with Crippen LogP contribution in [0.2, 0.25) is 0 Å². The number of hydrogen-bond acceptors (Lipinski definition) is 1. The molecule has 0 bridgehead atoms. The van der Waals surface area contributed by atoms with Crippen molar-refractivity contribution in [2.75, 3.05) is 7.05 Å². The van der Waals surface area contributed by atoms with Gasteiger partial charge in [0.25, 0.3) is 0 Å². The molecule has 2 heterocycles. The van der Waals surface area contributed by atoms with Gasteiger partial charge >= 0.3 is 0 Å². The van der Waals surface area contributed by atoms with E-state index < -0.39 is 0 Å². The second-order valence-corrected chi connectivity index (χ2v) is 8.21. The third kappa shape index (κ3) is 3.05. The van der Waals surface area contributed by atoms with Crippen LogP contribution < -0.4 is 0 Å². The van der Waals surface area contributed by atoms with Crippen molar-refractivity contribution in [2.45, 2.75) is 18.8 Å². The molecule has 2 nitrogen and oxygen atoms in total. The summed E-state index contributed by atoms with van der Waals surface area (Å²) in [4.78, 5) is 4.48. The molecule has 0 radical (unpaired) electrons. The van der Waals surface area contributed by atoms with Crippen LogP contribution in [0.15, 0.2) is 97.2 Å². The average molecular weight is 390 g/mol. The summed E-state index contributed by atoms with van der Waals surface area (Å²) in [5.74, 6) is 0. The second-order valence-electron chi connectivity index (χ2n) is 8.21. The lowest BCUT2D eigenvalue weighted by atomic mass is 9.73. The molecule has 1 unspecified atom stereocenters. The summed E-state index contributed by atoms with van der Waals surface area (Å²) in [6.45, 7) is 2.38. The van der Waals surface area contributed by atoms with Crippen LogP contribution in [0.5, 0.6) is 0 Å². The van der Waals surface area contributed by atoms with Crippen LogP contribution in [0.25, 0.3) is 16.8 Å². The van der Waals surface area contributed by atoms with Crippen LogP contribution in [0, 0.1) is 0 Å². The lowest BCUT2D eigenvalue weighted by Gasteiger charge is -2.24. The molecule has 146 valence electrons. The lowest BCUT2D eigenvalue weighted by Crippen LogP contribution is -2.33. The standard InChI is InChI=1S/C28H25N2/c1-28(20-21-10-4-3-5-11-21)26(18-16-23-13-8-9-19-29-23)30(2)25-17-15-22-12-6-7-14-24(22)27(25)28/h3-19H,20H2,1-2H3/q+1/b18-16+. The molecule has 1 atom stereocenters. The van der Waals surface area contributed by atoms with Crippen molar-refractivity contribution in [2.24, 2.45) is 0 Å². The summed E-state index contributed by atoms with van der Waals surface area (Å²) >= 11 is 0. The van der Waals surface area contributed by atoms with Gasteiger partial charge in [0.05, 0.1) is 11.1 Å². The number of allylic oxidation sites excluding steroid dienone is 1. The molecule has 0 amide bonds. The van der Waals surface area contributed by atoms with Gasteiger partial charge in [-0.3, -0.25) is 4.98 Å². The maximum atomic E-state index is 4.48. The second kappa shape index (κ2) is 7.38. The summed E-state index contributed by atoms with van der Waals surface area (Å²) in [6, 6.07) is 30.1.